The molecule has 0 heterocycles. The zero-order chi connectivity index (χ0) is 13.7. The lowest BCUT2D eigenvalue weighted by atomic mass is 9.98. The first-order valence-electron chi connectivity index (χ1n) is 6.29. The highest BCUT2D eigenvalue weighted by atomic mass is 79.9. The van der Waals surface area contributed by atoms with Crippen molar-refractivity contribution >= 4 is 15.9 Å². The molecule has 0 radical (unpaired) electrons. The molecular formula is C16H18BrNO. The fourth-order valence-corrected chi connectivity index (χ4v) is 2.61. The molecule has 0 aliphatic rings. The van der Waals surface area contributed by atoms with Crippen LogP contribution in [0.4, 0.5) is 0 Å². The molecule has 0 amide bonds. The van der Waals surface area contributed by atoms with Gasteiger partial charge in [0.25, 0.3) is 0 Å². The molecule has 19 heavy (non-hydrogen) atoms. The van der Waals surface area contributed by atoms with Gasteiger partial charge in [-0.2, -0.15) is 0 Å². The molecule has 0 saturated carbocycles. The number of hydrogen-bond donors (Lipinski definition) is 1. The maximum Gasteiger partial charge on any atom is 0.122 e. The molecule has 1 atom stereocenters. The highest BCUT2D eigenvalue weighted by Gasteiger charge is 2.13. The van der Waals surface area contributed by atoms with Gasteiger partial charge in [0.1, 0.15) is 5.75 Å². The summed E-state index contributed by atoms with van der Waals surface area (Å²) in [7, 11) is 3.70. The third-order valence-electron chi connectivity index (χ3n) is 3.22. The van der Waals surface area contributed by atoms with Crippen molar-refractivity contribution in [2.45, 2.75) is 12.5 Å². The number of nitrogens with one attached hydrogen (secondary N) is 1. The van der Waals surface area contributed by atoms with E-state index in [9.17, 15) is 0 Å². The number of likely N-dealkylation sites (N-methyl/N-ethyl adjacent to an activating group) is 1. The van der Waals surface area contributed by atoms with Gasteiger partial charge in [-0.15, -0.1) is 0 Å². The number of benzene rings is 2. The lowest BCUT2D eigenvalue weighted by Gasteiger charge is -2.18. The van der Waals surface area contributed by atoms with Gasteiger partial charge >= 0.3 is 0 Å². The van der Waals surface area contributed by atoms with Gasteiger partial charge in [-0.3, -0.25) is 0 Å². The van der Waals surface area contributed by atoms with Crippen molar-refractivity contribution in [1.29, 1.82) is 0 Å². The van der Waals surface area contributed by atoms with Crippen molar-refractivity contribution in [3.05, 3.63) is 64.1 Å². The Kier molecular flexibility index (Phi) is 5.00. The zero-order valence-corrected chi connectivity index (χ0v) is 12.8. The predicted molar refractivity (Wildman–Crippen MR) is 82.6 cm³/mol. The van der Waals surface area contributed by atoms with Crippen molar-refractivity contribution in [2.24, 2.45) is 0 Å². The van der Waals surface area contributed by atoms with Gasteiger partial charge < -0.3 is 10.1 Å². The Morgan fingerprint density at radius 2 is 1.89 bits per heavy atom. The van der Waals surface area contributed by atoms with Crippen molar-refractivity contribution in [1.82, 2.24) is 5.32 Å². The van der Waals surface area contributed by atoms with Crippen LogP contribution in [-0.4, -0.2) is 14.2 Å². The molecule has 100 valence electrons. The number of halogens is 1. The molecule has 2 aromatic carbocycles. The summed E-state index contributed by atoms with van der Waals surface area (Å²) in [6.07, 6.45) is 0.892. The highest BCUT2D eigenvalue weighted by Crippen LogP contribution is 2.27. The number of ether oxygens (including phenoxy) is 1. The van der Waals surface area contributed by atoms with E-state index in [0.717, 1.165) is 16.6 Å². The molecule has 2 nitrogen and oxygen atoms in total. The summed E-state index contributed by atoms with van der Waals surface area (Å²) in [6.45, 7) is 0. The first-order valence-corrected chi connectivity index (χ1v) is 7.08. The first kappa shape index (κ1) is 14.1. The minimum atomic E-state index is 0.282. The molecule has 1 unspecified atom stereocenters. The van der Waals surface area contributed by atoms with Crippen molar-refractivity contribution < 1.29 is 4.74 Å². The monoisotopic (exact) mass is 319 g/mol. The second kappa shape index (κ2) is 6.73. The summed E-state index contributed by atoms with van der Waals surface area (Å²) in [6, 6.07) is 16.9. The Balaban J connectivity index is 2.26. The Bertz CT molecular complexity index is 528. The predicted octanol–water partition coefficient (Wildman–Crippen LogP) is 3.96. The van der Waals surface area contributed by atoms with Gasteiger partial charge in [0.05, 0.1) is 7.11 Å². The van der Waals surface area contributed by atoms with E-state index in [2.05, 4.69) is 51.6 Å². The Morgan fingerprint density at radius 1 is 1.16 bits per heavy atom. The van der Waals surface area contributed by atoms with Crippen molar-refractivity contribution in [2.75, 3.05) is 14.2 Å². The molecule has 0 aliphatic heterocycles. The minimum Gasteiger partial charge on any atom is -0.496 e. The Hall–Kier alpha value is -1.32. The van der Waals surface area contributed by atoms with Crippen LogP contribution in [0.3, 0.4) is 0 Å². The smallest absolute Gasteiger partial charge is 0.122 e. The SMILES string of the molecule is CNC(Cc1cc(Br)ccc1OC)c1ccccc1. The first-order chi connectivity index (χ1) is 9.24. The normalized spacial score (nSPS) is 12.2. The number of methoxy groups -OCH3 is 1. The number of hydrogen-bond acceptors (Lipinski definition) is 2. The van der Waals surface area contributed by atoms with E-state index in [-0.39, 0.29) is 6.04 Å². The molecular weight excluding hydrogens is 302 g/mol. The summed E-state index contributed by atoms with van der Waals surface area (Å²) in [4.78, 5) is 0. The largest absolute Gasteiger partial charge is 0.496 e. The van der Waals surface area contributed by atoms with E-state index in [4.69, 9.17) is 4.74 Å². The van der Waals surface area contributed by atoms with Crippen LogP contribution < -0.4 is 10.1 Å². The van der Waals surface area contributed by atoms with Crippen LogP contribution in [0, 0.1) is 0 Å². The summed E-state index contributed by atoms with van der Waals surface area (Å²) in [5.41, 5.74) is 2.48. The zero-order valence-electron chi connectivity index (χ0n) is 11.2. The number of rotatable bonds is 5. The van der Waals surface area contributed by atoms with E-state index in [1.807, 2.05) is 25.2 Å². The molecule has 0 aliphatic carbocycles. The fraction of sp³-hybridized carbons (Fsp3) is 0.250. The van der Waals surface area contributed by atoms with Crippen LogP contribution in [0.15, 0.2) is 53.0 Å². The summed E-state index contributed by atoms with van der Waals surface area (Å²) in [5, 5.41) is 3.37. The van der Waals surface area contributed by atoms with Crippen molar-refractivity contribution in [3.63, 3.8) is 0 Å². The second-order valence-electron chi connectivity index (χ2n) is 4.41. The molecule has 2 rings (SSSR count). The van der Waals surface area contributed by atoms with Gasteiger partial charge in [-0.1, -0.05) is 46.3 Å². The van der Waals surface area contributed by atoms with E-state index in [1.54, 1.807) is 7.11 Å². The molecule has 1 N–H and O–H groups in total. The van der Waals surface area contributed by atoms with Gasteiger partial charge in [0, 0.05) is 10.5 Å². The molecule has 3 heteroatoms. The fourth-order valence-electron chi connectivity index (χ4n) is 2.20. The van der Waals surface area contributed by atoms with E-state index in [0.29, 0.717) is 0 Å². The Labute approximate surface area is 122 Å². The third-order valence-corrected chi connectivity index (χ3v) is 3.71. The molecule has 0 aromatic heterocycles. The second-order valence-corrected chi connectivity index (χ2v) is 5.33. The average Bonchev–Trinajstić information content (AvgIpc) is 2.46. The molecule has 0 saturated heterocycles. The Morgan fingerprint density at radius 3 is 2.53 bits per heavy atom. The highest BCUT2D eigenvalue weighted by molar-refractivity contribution is 9.10. The minimum absolute atomic E-state index is 0.282. The van der Waals surface area contributed by atoms with Crippen molar-refractivity contribution in [3.8, 4) is 5.75 Å². The summed E-state index contributed by atoms with van der Waals surface area (Å²) >= 11 is 3.52. The van der Waals surface area contributed by atoms with Gasteiger partial charge in [0.15, 0.2) is 0 Å². The molecule has 2 aromatic rings. The molecule has 0 spiro atoms. The van der Waals surface area contributed by atoms with Crippen LogP contribution in [0.2, 0.25) is 0 Å². The van der Waals surface area contributed by atoms with E-state index < -0.39 is 0 Å². The van der Waals surface area contributed by atoms with Crippen LogP contribution in [0.25, 0.3) is 0 Å². The summed E-state index contributed by atoms with van der Waals surface area (Å²) in [5.74, 6) is 0.930. The van der Waals surface area contributed by atoms with E-state index in [1.165, 1.54) is 11.1 Å². The van der Waals surface area contributed by atoms with Crippen LogP contribution in [-0.2, 0) is 6.42 Å². The van der Waals surface area contributed by atoms with Crippen LogP contribution in [0.5, 0.6) is 5.75 Å². The van der Waals surface area contributed by atoms with Gasteiger partial charge in [0.2, 0.25) is 0 Å². The quantitative estimate of drug-likeness (QED) is 0.900. The standard InChI is InChI=1S/C16H18BrNO/c1-18-15(12-6-4-3-5-7-12)11-13-10-14(17)8-9-16(13)19-2/h3-10,15,18H,11H2,1-2H3. The topological polar surface area (TPSA) is 21.3 Å². The molecule has 0 bridgehead atoms. The van der Waals surface area contributed by atoms with Gasteiger partial charge in [-0.25, -0.2) is 0 Å². The maximum absolute atomic E-state index is 5.43. The van der Waals surface area contributed by atoms with Crippen LogP contribution in [0.1, 0.15) is 17.2 Å². The maximum atomic E-state index is 5.43. The van der Waals surface area contributed by atoms with E-state index >= 15 is 0 Å². The lowest BCUT2D eigenvalue weighted by Crippen LogP contribution is -2.19. The third kappa shape index (κ3) is 3.58. The van der Waals surface area contributed by atoms with Gasteiger partial charge in [-0.05, 0) is 42.8 Å². The van der Waals surface area contributed by atoms with Crippen LogP contribution >= 0.6 is 15.9 Å². The lowest BCUT2D eigenvalue weighted by molar-refractivity contribution is 0.406. The average molecular weight is 320 g/mol. The molecule has 0 fully saturated rings. The summed E-state index contributed by atoms with van der Waals surface area (Å²) < 4.78 is 6.51.